The average Bonchev–Trinajstić information content (AvgIpc) is 2.50. The van der Waals surface area contributed by atoms with E-state index in [0.717, 1.165) is 36.0 Å². The van der Waals surface area contributed by atoms with E-state index < -0.39 is 0 Å². The molecule has 1 aromatic heterocycles. The second-order valence-electron chi connectivity index (χ2n) is 5.01. The van der Waals surface area contributed by atoms with Crippen LogP contribution < -0.4 is 10.2 Å². The Labute approximate surface area is 131 Å². The van der Waals surface area contributed by atoms with Crippen LogP contribution in [0.4, 0.5) is 11.6 Å². The van der Waals surface area contributed by atoms with E-state index in [1.165, 1.54) is 11.1 Å². The van der Waals surface area contributed by atoms with Gasteiger partial charge in [0.05, 0.1) is 0 Å². The third kappa shape index (κ3) is 3.85. The second kappa shape index (κ2) is 7.27. The summed E-state index contributed by atoms with van der Waals surface area (Å²) in [5.74, 6) is 1.89. The maximum Gasteiger partial charge on any atom is 0.137 e. The fourth-order valence-corrected chi connectivity index (χ4v) is 2.49. The topological polar surface area (TPSA) is 41.1 Å². The highest BCUT2D eigenvalue weighted by molar-refractivity contribution is 6.30. The number of benzene rings is 1. The van der Waals surface area contributed by atoms with Gasteiger partial charge in [0.25, 0.3) is 0 Å². The molecule has 0 aliphatic carbocycles. The van der Waals surface area contributed by atoms with E-state index in [-0.39, 0.29) is 0 Å². The summed E-state index contributed by atoms with van der Waals surface area (Å²) >= 11 is 5.93. The molecule has 1 aromatic carbocycles. The Bertz CT molecular complexity index is 583. The number of aromatic nitrogens is 2. The van der Waals surface area contributed by atoms with Crippen molar-refractivity contribution >= 4 is 23.2 Å². The third-order valence-electron chi connectivity index (χ3n) is 3.35. The van der Waals surface area contributed by atoms with E-state index >= 15 is 0 Å². The quantitative estimate of drug-likeness (QED) is 0.882. The first kappa shape index (κ1) is 15.6. The van der Waals surface area contributed by atoms with Gasteiger partial charge in [-0.3, -0.25) is 0 Å². The van der Waals surface area contributed by atoms with Crippen LogP contribution in [0.25, 0.3) is 0 Å². The van der Waals surface area contributed by atoms with E-state index in [2.05, 4.69) is 34.2 Å². The lowest BCUT2D eigenvalue weighted by Crippen LogP contribution is -2.20. The number of anilines is 2. The van der Waals surface area contributed by atoms with E-state index in [9.17, 15) is 0 Å². The van der Waals surface area contributed by atoms with Crippen molar-refractivity contribution in [2.75, 3.05) is 24.3 Å². The lowest BCUT2D eigenvalue weighted by molar-refractivity contribution is 0.844. The molecular weight excluding hydrogens is 284 g/mol. The van der Waals surface area contributed by atoms with Crippen LogP contribution in [0.3, 0.4) is 0 Å². The smallest absolute Gasteiger partial charge is 0.137 e. The Morgan fingerprint density at radius 1 is 1.19 bits per heavy atom. The van der Waals surface area contributed by atoms with Crippen molar-refractivity contribution in [3.8, 4) is 0 Å². The molecule has 2 rings (SSSR count). The molecular formula is C16H21ClN4. The van der Waals surface area contributed by atoms with Crippen LogP contribution in [0.5, 0.6) is 0 Å². The molecule has 0 aliphatic rings. The zero-order valence-corrected chi connectivity index (χ0v) is 13.5. The summed E-state index contributed by atoms with van der Waals surface area (Å²) in [5, 5.41) is 3.91. The van der Waals surface area contributed by atoms with Gasteiger partial charge in [-0.05, 0) is 24.1 Å². The van der Waals surface area contributed by atoms with Crippen molar-refractivity contribution in [1.29, 1.82) is 0 Å². The standard InChI is InChI=1S/C16H21ClN4/c1-4-5-14-15(18-2)19-11-20-16(14)21(3)10-12-6-8-13(17)9-7-12/h6-9,11H,4-5,10H2,1-3H3,(H,18,19,20). The maximum absolute atomic E-state index is 5.93. The minimum atomic E-state index is 0.757. The molecule has 0 saturated carbocycles. The van der Waals surface area contributed by atoms with Crippen molar-refractivity contribution in [2.45, 2.75) is 26.3 Å². The van der Waals surface area contributed by atoms with Gasteiger partial charge in [-0.15, -0.1) is 0 Å². The van der Waals surface area contributed by atoms with Crippen LogP contribution in [0.1, 0.15) is 24.5 Å². The number of hydrogen-bond acceptors (Lipinski definition) is 4. The van der Waals surface area contributed by atoms with E-state index in [1.807, 2.05) is 31.3 Å². The Morgan fingerprint density at radius 2 is 1.90 bits per heavy atom. The minimum absolute atomic E-state index is 0.757. The third-order valence-corrected chi connectivity index (χ3v) is 3.61. The number of nitrogens with zero attached hydrogens (tertiary/aromatic N) is 3. The van der Waals surface area contributed by atoms with Gasteiger partial charge in [-0.2, -0.15) is 0 Å². The van der Waals surface area contributed by atoms with Gasteiger partial charge in [0, 0.05) is 31.2 Å². The van der Waals surface area contributed by atoms with Crippen LogP contribution in [0, 0.1) is 0 Å². The van der Waals surface area contributed by atoms with E-state index in [0.29, 0.717) is 0 Å². The molecule has 0 unspecified atom stereocenters. The summed E-state index contributed by atoms with van der Waals surface area (Å²) < 4.78 is 0. The van der Waals surface area contributed by atoms with Crippen LogP contribution >= 0.6 is 11.6 Å². The Hall–Kier alpha value is -1.81. The zero-order chi connectivity index (χ0) is 15.2. The first-order chi connectivity index (χ1) is 10.2. The molecule has 0 aliphatic heterocycles. The van der Waals surface area contributed by atoms with E-state index in [1.54, 1.807) is 6.33 Å². The molecule has 5 heteroatoms. The van der Waals surface area contributed by atoms with Crippen molar-refractivity contribution < 1.29 is 0 Å². The Kier molecular flexibility index (Phi) is 5.39. The SMILES string of the molecule is CCCc1c(NC)ncnc1N(C)Cc1ccc(Cl)cc1. The van der Waals surface area contributed by atoms with Crippen molar-refractivity contribution in [3.05, 3.63) is 46.7 Å². The maximum atomic E-state index is 5.93. The average molecular weight is 305 g/mol. The van der Waals surface area contributed by atoms with Gasteiger partial charge >= 0.3 is 0 Å². The number of rotatable bonds is 6. The molecule has 1 N–H and O–H groups in total. The van der Waals surface area contributed by atoms with Gasteiger partial charge in [0.15, 0.2) is 0 Å². The molecule has 112 valence electrons. The molecule has 0 atom stereocenters. The minimum Gasteiger partial charge on any atom is -0.373 e. The van der Waals surface area contributed by atoms with Crippen molar-refractivity contribution in [3.63, 3.8) is 0 Å². The number of hydrogen-bond donors (Lipinski definition) is 1. The Morgan fingerprint density at radius 3 is 2.52 bits per heavy atom. The lowest BCUT2D eigenvalue weighted by atomic mass is 10.1. The van der Waals surface area contributed by atoms with Crippen LogP contribution in [0.15, 0.2) is 30.6 Å². The molecule has 21 heavy (non-hydrogen) atoms. The number of halogens is 1. The van der Waals surface area contributed by atoms with Gasteiger partial charge in [0.1, 0.15) is 18.0 Å². The largest absolute Gasteiger partial charge is 0.373 e. The predicted octanol–water partition coefficient (Wildman–Crippen LogP) is 3.76. The van der Waals surface area contributed by atoms with Crippen molar-refractivity contribution in [2.24, 2.45) is 0 Å². The molecule has 0 bridgehead atoms. The highest BCUT2D eigenvalue weighted by Crippen LogP contribution is 2.25. The molecule has 2 aromatic rings. The molecule has 1 heterocycles. The van der Waals surface area contributed by atoms with Crippen LogP contribution in [-0.4, -0.2) is 24.1 Å². The monoisotopic (exact) mass is 304 g/mol. The van der Waals surface area contributed by atoms with Crippen molar-refractivity contribution in [1.82, 2.24) is 9.97 Å². The van der Waals surface area contributed by atoms with Crippen LogP contribution in [-0.2, 0) is 13.0 Å². The number of nitrogens with one attached hydrogen (secondary N) is 1. The second-order valence-corrected chi connectivity index (χ2v) is 5.44. The zero-order valence-electron chi connectivity index (χ0n) is 12.7. The fraction of sp³-hybridized carbons (Fsp3) is 0.375. The van der Waals surface area contributed by atoms with E-state index in [4.69, 9.17) is 11.6 Å². The molecule has 0 fully saturated rings. The predicted molar refractivity (Wildman–Crippen MR) is 89.1 cm³/mol. The molecule has 0 radical (unpaired) electrons. The summed E-state index contributed by atoms with van der Waals surface area (Å²) in [6, 6.07) is 7.91. The normalized spacial score (nSPS) is 10.5. The van der Waals surface area contributed by atoms with Gasteiger partial charge < -0.3 is 10.2 Å². The Balaban J connectivity index is 2.25. The highest BCUT2D eigenvalue weighted by atomic mass is 35.5. The van der Waals surface area contributed by atoms with Gasteiger partial charge in [-0.25, -0.2) is 9.97 Å². The summed E-state index contributed by atoms with van der Waals surface area (Å²) in [6.07, 6.45) is 3.62. The lowest BCUT2D eigenvalue weighted by Gasteiger charge is -2.22. The summed E-state index contributed by atoms with van der Waals surface area (Å²) in [7, 11) is 3.94. The molecule has 0 saturated heterocycles. The van der Waals surface area contributed by atoms with Crippen LogP contribution in [0.2, 0.25) is 5.02 Å². The highest BCUT2D eigenvalue weighted by Gasteiger charge is 2.13. The fourth-order valence-electron chi connectivity index (χ4n) is 2.37. The first-order valence-electron chi connectivity index (χ1n) is 7.13. The molecule has 0 amide bonds. The molecule has 0 spiro atoms. The summed E-state index contributed by atoms with van der Waals surface area (Å²) in [5.41, 5.74) is 2.37. The summed E-state index contributed by atoms with van der Waals surface area (Å²) in [6.45, 7) is 2.95. The first-order valence-corrected chi connectivity index (χ1v) is 7.50. The van der Waals surface area contributed by atoms with Gasteiger partial charge in [0.2, 0.25) is 0 Å². The summed E-state index contributed by atoms with van der Waals surface area (Å²) in [4.78, 5) is 10.9. The van der Waals surface area contributed by atoms with Gasteiger partial charge in [-0.1, -0.05) is 37.1 Å². The molecule has 4 nitrogen and oxygen atoms in total.